The third-order valence-electron chi connectivity index (χ3n) is 3.85. The van der Waals surface area contributed by atoms with Crippen LogP contribution >= 0.6 is 11.6 Å². The number of nitrogens with one attached hydrogen (secondary N) is 2. The maximum Gasteiger partial charge on any atom is 0.253 e. The number of benzene rings is 2. The van der Waals surface area contributed by atoms with E-state index >= 15 is 0 Å². The van der Waals surface area contributed by atoms with Crippen molar-refractivity contribution in [3.05, 3.63) is 59.1 Å². The number of para-hydroxylation sites is 1. The first kappa shape index (κ1) is 18.4. The number of hydrogen-bond acceptors (Lipinski definition) is 4. The smallest absolute Gasteiger partial charge is 0.253 e. The van der Waals surface area contributed by atoms with E-state index < -0.39 is 21.5 Å². The Kier molecular flexibility index (Phi) is 5.29. The van der Waals surface area contributed by atoms with Crippen molar-refractivity contribution in [1.29, 1.82) is 0 Å². The summed E-state index contributed by atoms with van der Waals surface area (Å²) in [5, 5.41) is 5.77. The van der Waals surface area contributed by atoms with Crippen molar-refractivity contribution >= 4 is 38.9 Å². The van der Waals surface area contributed by atoms with Gasteiger partial charge in [-0.1, -0.05) is 23.7 Å². The minimum absolute atomic E-state index is 0.0109. The summed E-state index contributed by atoms with van der Waals surface area (Å²) >= 11 is 5.75. The molecule has 136 valence electrons. The molecule has 1 saturated carbocycles. The number of halogens is 1. The number of carbonyl (C=O) groups excluding carboxylic acids is 2. The molecule has 2 N–H and O–H groups in total. The Bertz CT molecular complexity index is 938. The molecule has 2 amide bonds. The van der Waals surface area contributed by atoms with Crippen molar-refractivity contribution in [3.8, 4) is 0 Å². The Labute approximate surface area is 156 Å². The predicted octanol–water partition coefficient (Wildman–Crippen LogP) is 2.64. The fourth-order valence-corrected chi connectivity index (χ4v) is 3.63. The van der Waals surface area contributed by atoms with Gasteiger partial charge in [-0.3, -0.25) is 9.59 Å². The van der Waals surface area contributed by atoms with Gasteiger partial charge in [-0.15, -0.1) is 0 Å². The minimum Gasteiger partial charge on any atom is -0.349 e. The predicted molar refractivity (Wildman–Crippen MR) is 99.1 cm³/mol. The summed E-state index contributed by atoms with van der Waals surface area (Å²) in [5.74, 6) is -1.73. The molecule has 2 aromatic carbocycles. The number of rotatable bonds is 6. The lowest BCUT2D eigenvalue weighted by Crippen LogP contribution is -2.28. The Morgan fingerprint density at radius 2 is 1.69 bits per heavy atom. The Morgan fingerprint density at radius 3 is 2.35 bits per heavy atom. The highest BCUT2D eigenvalue weighted by atomic mass is 35.5. The molecule has 0 spiro atoms. The summed E-state index contributed by atoms with van der Waals surface area (Å²) in [7, 11) is -3.81. The number of hydrogen-bond donors (Lipinski definition) is 2. The van der Waals surface area contributed by atoms with Gasteiger partial charge in [0.2, 0.25) is 5.91 Å². The van der Waals surface area contributed by atoms with E-state index in [1.54, 1.807) is 24.3 Å². The zero-order valence-electron chi connectivity index (χ0n) is 13.7. The van der Waals surface area contributed by atoms with Crippen molar-refractivity contribution in [2.75, 3.05) is 11.1 Å². The van der Waals surface area contributed by atoms with Crippen LogP contribution in [-0.2, 0) is 14.6 Å². The quantitative estimate of drug-likeness (QED) is 0.790. The zero-order valence-corrected chi connectivity index (χ0v) is 15.3. The van der Waals surface area contributed by atoms with E-state index in [0.29, 0.717) is 10.6 Å². The van der Waals surface area contributed by atoms with Crippen molar-refractivity contribution in [1.82, 2.24) is 5.32 Å². The maximum absolute atomic E-state index is 12.3. The van der Waals surface area contributed by atoms with Crippen LogP contribution in [0.25, 0.3) is 0 Å². The Balaban J connectivity index is 1.72. The van der Waals surface area contributed by atoms with Gasteiger partial charge in [0.15, 0.2) is 9.84 Å². The van der Waals surface area contributed by atoms with E-state index in [1.165, 1.54) is 24.3 Å². The molecular weight excluding hydrogens is 376 g/mol. The van der Waals surface area contributed by atoms with Gasteiger partial charge < -0.3 is 10.6 Å². The van der Waals surface area contributed by atoms with Crippen LogP contribution in [0.3, 0.4) is 0 Å². The van der Waals surface area contributed by atoms with Gasteiger partial charge in [0.1, 0.15) is 5.75 Å². The summed E-state index contributed by atoms with van der Waals surface area (Å²) < 4.78 is 24.7. The highest BCUT2D eigenvalue weighted by Crippen LogP contribution is 2.22. The van der Waals surface area contributed by atoms with Gasteiger partial charge in [-0.2, -0.15) is 0 Å². The SMILES string of the molecule is O=C(CS(=O)(=O)c1ccc(Cl)cc1)Nc1ccccc1C(=O)NC1CC1. The lowest BCUT2D eigenvalue weighted by molar-refractivity contribution is -0.113. The van der Waals surface area contributed by atoms with Crippen LogP contribution in [0.2, 0.25) is 5.02 Å². The van der Waals surface area contributed by atoms with Crippen molar-refractivity contribution in [2.45, 2.75) is 23.8 Å². The van der Waals surface area contributed by atoms with Crippen LogP contribution in [0.4, 0.5) is 5.69 Å². The first-order valence-corrected chi connectivity index (χ1v) is 10.1. The maximum atomic E-state index is 12.3. The van der Waals surface area contributed by atoms with Crippen molar-refractivity contribution < 1.29 is 18.0 Å². The molecular formula is C18H17ClN2O4S. The van der Waals surface area contributed by atoms with Gasteiger partial charge >= 0.3 is 0 Å². The topological polar surface area (TPSA) is 92.3 Å². The molecule has 1 aliphatic rings. The van der Waals surface area contributed by atoms with Gasteiger partial charge in [0.05, 0.1) is 16.1 Å². The average Bonchev–Trinajstić information content (AvgIpc) is 3.39. The normalized spacial score (nSPS) is 13.9. The largest absolute Gasteiger partial charge is 0.349 e. The number of carbonyl (C=O) groups is 2. The summed E-state index contributed by atoms with van der Waals surface area (Å²) in [5.41, 5.74) is 0.582. The summed E-state index contributed by atoms with van der Waals surface area (Å²) in [4.78, 5) is 24.5. The van der Waals surface area contributed by atoms with E-state index in [2.05, 4.69) is 10.6 Å². The lowest BCUT2D eigenvalue weighted by atomic mass is 10.1. The standard InChI is InChI=1S/C18H17ClN2O4S/c19-12-5-9-14(10-6-12)26(24,25)11-17(22)21-16-4-2-1-3-15(16)18(23)20-13-7-8-13/h1-6,9-10,13H,7-8,11H2,(H,20,23)(H,21,22). The monoisotopic (exact) mass is 392 g/mol. The van der Waals surface area contributed by atoms with Crippen LogP contribution in [-0.4, -0.2) is 32.0 Å². The number of amides is 2. The number of anilines is 1. The Hall–Kier alpha value is -2.38. The van der Waals surface area contributed by atoms with Crippen LogP contribution in [0.1, 0.15) is 23.2 Å². The van der Waals surface area contributed by atoms with E-state index in [1.807, 2.05) is 0 Å². The second-order valence-corrected chi connectivity index (χ2v) is 8.48. The molecule has 0 atom stereocenters. The second-order valence-electron chi connectivity index (χ2n) is 6.05. The molecule has 1 fully saturated rings. The van der Waals surface area contributed by atoms with Crippen LogP contribution in [0.5, 0.6) is 0 Å². The molecule has 0 saturated heterocycles. The highest BCUT2D eigenvalue weighted by Gasteiger charge is 2.25. The second kappa shape index (κ2) is 7.47. The van der Waals surface area contributed by atoms with Crippen molar-refractivity contribution in [2.24, 2.45) is 0 Å². The Morgan fingerprint density at radius 1 is 1.04 bits per heavy atom. The van der Waals surface area contributed by atoms with Gasteiger partial charge in [-0.05, 0) is 49.2 Å². The van der Waals surface area contributed by atoms with Gasteiger partial charge in [-0.25, -0.2) is 8.42 Å². The van der Waals surface area contributed by atoms with E-state index in [4.69, 9.17) is 11.6 Å². The highest BCUT2D eigenvalue weighted by molar-refractivity contribution is 7.92. The van der Waals surface area contributed by atoms with E-state index in [0.717, 1.165) is 12.8 Å². The third kappa shape index (κ3) is 4.62. The first-order chi connectivity index (χ1) is 12.3. The van der Waals surface area contributed by atoms with Crippen molar-refractivity contribution in [3.63, 3.8) is 0 Å². The first-order valence-electron chi connectivity index (χ1n) is 8.03. The molecule has 6 nitrogen and oxygen atoms in total. The third-order valence-corrected chi connectivity index (χ3v) is 5.74. The van der Waals surface area contributed by atoms with Crippen LogP contribution < -0.4 is 10.6 Å². The molecule has 0 unspecified atom stereocenters. The summed E-state index contributed by atoms with van der Waals surface area (Å²) in [6.07, 6.45) is 1.89. The summed E-state index contributed by atoms with van der Waals surface area (Å²) in [6.45, 7) is 0. The molecule has 26 heavy (non-hydrogen) atoms. The number of sulfone groups is 1. The fraction of sp³-hybridized carbons (Fsp3) is 0.222. The van der Waals surface area contributed by atoms with Gasteiger partial charge in [0.25, 0.3) is 5.91 Å². The fourth-order valence-electron chi connectivity index (χ4n) is 2.37. The molecule has 0 heterocycles. The minimum atomic E-state index is -3.81. The molecule has 0 aromatic heterocycles. The average molecular weight is 393 g/mol. The molecule has 1 aliphatic carbocycles. The molecule has 8 heteroatoms. The molecule has 0 radical (unpaired) electrons. The van der Waals surface area contributed by atoms with E-state index in [-0.39, 0.29) is 22.5 Å². The molecule has 0 bridgehead atoms. The summed E-state index contributed by atoms with van der Waals surface area (Å²) in [6, 6.07) is 12.3. The zero-order chi connectivity index (χ0) is 18.7. The molecule has 3 rings (SSSR count). The van der Waals surface area contributed by atoms with Gasteiger partial charge in [0, 0.05) is 11.1 Å². The molecule has 2 aromatic rings. The van der Waals surface area contributed by atoms with Crippen LogP contribution in [0.15, 0.2) is 53.4 Å². The van der Waals surface area contributed by atoms with Crippen LogP contribution in [0, 0.1) is 0 Å². The van der Waals surface area contributed by atoms with E-state index in [9.17, 15) is 18.0 Å². The lowest BCUT2D eigenvalue weighted by Gasteiger charge is -2.11. The molecule has 0 aliphatic heterocycles.